The Morgan fingerprint density at radius 1 is 1.26 bits per heavy atom. The Morgan fingerprint density at radius 3 is 2.56 bits per heavy atom. The molecule has 1 aromatic carbocycles. The fourth-order valence-electron chi connectivity index (χ4n) is 3.14. The van der Waals surface area contributed by atoms with E-state index in [-0.39, 0.29) is 24.9 Å². The highest BCUT2D eigenvalue weighted by atomic mass is 35.5. The van der Waals surface area contributed by atoms with E-state index in [0.29, 0.717) is 18.8 Å². The van der Waals surface area contributed by atoms with Crippen LogP contribution in [0.3, 0.4) is 0 Å². The van der Waals surface area contributed by atoms with Gasteiger partial charge < -0.3 is 20.4 Å². The predicted octanol–water partition coefficient (Wildman–Crippen LogP) is 2.56. The second-order valence-electron chi connectivity index (χ2n) is 7.04. The van der Waals surface area contributed by atoms with Crippen molar-refractivity contribution in [2.75, 3.05) is 6.61 Å². The highest BCUT2D eigenvalue weighted by molar-refractivity contribution is 5.89. The van der Waals surface area contributed by atoms with Crippen LogP contribution in [0.25, 0.3) is 10.9 Å². The summed E-state index contributed by atoms with van der Waals surface area (Å²) in [5.41, 5.74) is 8.02. The number of carbonyl (C=O) groups is 2. The fourth-order valence-corrected chi connectivity index (χ4v) is 3.14. The Hall–Kier alpha value is -2.05. The molecule has 0 aliphatic carbocycles. The molecule has 0 saturated heterocycles. The number of esters is 1. The number of halogens is 1. The van der Waals surface area contributed by atoms with Crippen LogP contribution < -0.4 is 11.1 Å². The van der Waals surface area contributed by atoms with Gasteiger partial charge in [0, 0.05) is 30.6 Å². The van der Waals surface area contributed by atoms with Crippen LogP contribution in [-0.4, -0.2) is 35.1 Å². The van der Waals surface area contributed by atoms with Gasteiger partial charge in [0.25, 0.3) is 0 Å². The molecule has 6 nitrogen and oxygen atoms in total. The number of aryl methyl sites for hydroxylation is 1. The zero-order chi connectivity index (χ0) is 19.3. The lowest BCUT2D eigenvalue weighted by atomic mass is 10.0. The smallest absolute Gasteiger partial charge is 0.328 e. The van der Waals surface area contributed by atoms with Crippen LogP contribution in [0.4, 0.5) is 0 Å². The zero-order valence-electron chi connectivity index (χ0n) is 16.4. The van der Waals surface area contributed by atoms with Gasteiger partial charge in [0.2, 0.25) is 5.91 Å². The van der Waals surface area contributed by atoms with Crippen LogP contribution in [-0.2, 0) is 27.8 Å². The third kappa shape index (κ3) is 5.97. The number of hydrogen-bond acceptors (Lipinski definition) is 4. The minimum atomic E-state index is -0.758. The van der Waals surface area contributed by atoms with Crippen molar-refractivity contribution in [3.8, 4) is 0 Å². The molecule has 0 aliphatic rings. The van der Waals surface area contributed by atoms with Crippen LogP contribution in [0, 0.1) is 5.92 Å². The van der Waals surface area contributed by atoms with Gasteiger partial charge in [-0.1, -0.05) is 32.0 Å². The Bertz CT molecular complexity index is 773. The number of benzene rings is 1. The molecule has 0 radical (unpaired) electrons. The van der Waals surface area contributed by atoms with E-state index in [1.807, 2.05) is 55.9 Å². The Balaban J connectivity index is 0.00000364. The quantitative estimate of drug-likeness (QED) is 0.672. The topological polar surface area (TPSA) is 86.3 Å². The van der Waals surface area contributed by atoms with E-state index in [1.165, 1.54) is 0 Å². The van der Waals surface area contributed by atoms with Crippen LogP contribution in [0.5, 0.6) is 0 Å². The van der Waals surface area contributed by atoms with Gasteiger partial charge in [-0.05, 0) is 30.9 Å². The SMILES string of the molecule is CCOC(=O)C(Cc1cn(C)c2ccccc12)NC(=O)C(N)CC(C)C.Cl. The van der Waals surface area contributed by atoms with Gasteiger partial charge in [-0.3, -0.25) is 4.79 Å². The van der Waals surface area contributed by atoms with Gasteiger partial charge in [-0.2, -0.15) is 0 Å². The van der Waals surface area contributed by atoms with Gasteiger partial charge in [-0.25, -0.2) is 4.79 Å². The standard InChI is InChI=1S/C20H29N3O3.ClH/c1-5-26-20(25)17(22-19(24)16(21)10-13(2)3)11-14-12-23(4)18-9-7-6-8-15(14)18;/h6-9,12-13,16-17H,5,10-11,21H2,1-4H3,(H,22,24);1H. The molecule has 3 N–H and O–H groups in total. The molecule has 2 atom stereocenters. The summed E-state index contributed by atoms with van der Waals surface area (Å²) in [4.78, 5) is 24.8. The van der Waals surface area contributed by atoms with E-state index >= 15 is 0 Å². The Labute approximate surface area is 166 Å². The fraction of sp³-hybridized carbons (Fsp3) is 0.500. The van der Waals surface area contributed by atoms with Crippen molar-refractivity contribution < 1.29 is 14.3 Å². The number of carbonyl (C=O) groups excluding carboxylic acids is 2. The molecule has 27 heavy (non-hydrogen) atoms. The van der Waals surface area contributed by atoms with Gasteiger partial charge in [0.15, 0.2) is 0 Å². The first-order valence-electron chi connectivity index (χ1n) is 9.09. The first-order valence-corrected chi connectivity index (χ1v) is 9.09. The number of hydrogen-bond donors (Lipinski definition) is 2. The van der Waals surface area contributed by atoms with Gasteiger partial charge in [0.05, 0.1) is 12.6 Å². The summed E-state index contributed by atoms with van der Waals surface area (Å²) in [6, 6.07) is 6.57. The average Bonchev–Trinajstić information content (AvgIpc) is 2.90. The van der Waals surface area contributed by atoms with Crippen LogP contribution in [0.2, 0.25) is 0 Å². The van der Waals surface area contributed by atoms with Crippen molar-refractivity contribution in [2.45, 2.75) is 45.7 Å². The predicted molar refractivity (Wildman–Crippen MR) is 110 cm³/mol. The van der Waals surface area contributed by atoms with Gasteiger partial charge >= 0.3 is 5.97 Å². The maximum absolute atomic E-state index is 12.4. The van der Waals surface area contributed by atoms with Gasteiger partial charge in [0.1, 0.15) is 6.04 Å². The molecule has 7 heteroatoms. The summed E-state index contributed by atoms with van der Waals surface area (Å²) in [7, 11) is 1.96. The van der Waals surface area contributed by atoms with Crippen molar-refractivity contribution in [3.05, 3.63) is 36.0 Å². The van der Waals surface area contributed by atoms with Crippen molar-refractivity contribution in [1.29, 1.82) is 0 Å². The molecule has 2 rings (SSSR count). The lowest BCUT2D eigenvalue weighted by Crippen LogP contribution is -2.50. The molecule has 0 bridgehead atoms. The van der Waals surface area contributed by atoms with Crippen molar-refractivity contribution in [2.24, 2.45) is 18.7 Å². The van der Waals surface area contributed by atoms with E-state index < -0.39 is 18.1 Å². The first-order chi connectivity index (χ1) is 12.3. The van der Waals surface area contributed by atoms with Gasteiger partial charge in [-0.15, -0.1) is 12.4 Å². The van der Waals surface area contributed by atoms with Crippen LogP contribution >= 0.6 is 12.4 Å². The molecule has 150 valence electrons. The number of nitrogens with two attached hydrogens (primary N) is 1. The largest absolute Gasteiger partial charge is 0.464 e. The summed E-state index contributed by atoms with van der Waals surface area (Å²) in [6.07, 6.45) is 2.91. The van der Waals surface area contributed by atoms with Crippen molar-refractivity contribution in [1.82, 2.24) is 9.88 Å². The highest BCUT2D eigenvalue weighted by Gasteiger charge is 2.26. The number of rotatable bonds is 8. The molecule has 1 heterocycles. The number of nitrogens with one attached hydrogen (secondary N) is 1. The minimum absolute atomic E-state index is 0. The summed E-state index contributed by atoms with van der Waals surface area (Å²) < 4.78 is 7.17. The molecule has 1 aromatic heterocycles. The van der Waals surface area contributed by atoms with Crippen molar-refractivity contribution >= 4 is 35.2 Å². The molecule has 0 fully saturated rings. The van der Waals surface area contributed by atoms with E-state index in [9.17, 15) is 9.59 Å². The van der Waals surface area contributed by atoms with E-state index in [1.54, 1.807) is 6.92 Å². The zero-order valence-corrected chi connectivity index (χ0v) is 17.2. The monoisotopic (exact) mass is 395 g/mol. The third-order valence-electron chi connectivity index (χ3n) is 4.35. The number of para-hydroxylation sites is 1. The normalized spacial score (nSPS) is 13.1. The molecule has 1 amide bonds. The Kier molecular flexibility index (Phi) is 8.79. The highest BCUT2D eigenvalue weighted by Crippen LogP contribution is 2.22. The summed E-state index contributed by atoms with van der Waals surface area (Å²) in [6.45, 7) is 6.02. The third-order valence-corrected chi connectivity index (χ3v) is 4.35. The molecule has 0 saturated carbocycles. The summed E-state index contributed by atoms with van der Waals surface area (Å²) in [5, 5.41) is 3.84. The number of nitrogens with zero attached hydrogens (tertiary/aromatic N) is 1. The second-order valence-corrected chi connectivity index (χ2v) is 7.04. The molecule has 0 spiro atoms. The van der Waals surface area contributed by atoms with E-state index in [4.69, 9.17) is 10.5 Å². The lowest BCUT2D eigenvalue weighted by molar-refractivity contribution is -0.147. The van der Waals surface area contributed by atoms with Crippen molar-refractivity contribution in [3.63, 3.8) is 0 Å². The molecule has 0 aliphatic heterocycles. The summed E-state index contributed by atoms with van der Waals surface area (Å²) >= 11 is 0. The number of amides is 1. The molecular weight excluding hydrogens is 366 g/mol. The number of aromatic nitrogens is 1. The van der Waals surface area contributed by atoms with E-state index in [0.717, 1.165) is 16.5 Å². The lowest BCUT2D eigenvalue weighted by Gasteiger charge is -2.20. The minimum Gasteiger partial charge on any atom is -0.464 e. The van der Waals surface area contributed by atoms with Crippen LogP contribution in [0.15, 0.2) is 30.5 Å². The maximum Gasteiger partial charge on any atom is 0.328 e. The van der Waals surface area contributed by atoms with Crippen LogP contribution in [0.1, 0.15) is 32.8 Å². The molecule has 2 aromatic rings. The summed E-state index contributed by atoms with van der Waals surface area (Å²) in [5.74, 6) is -0.461. The first kappa shape index (κ1) is 23.0. The average molecular weight is 396 g/mol. The second kappa shape index (κ2) is 10.3. The van der Waals surface area contributed by atoms with E-state index in [2.05, 4.69) is 5.32 Å². The Morgan fingerprint density at radius 2 is 1.93 bits per heavy atom. The maximum atomic E-state index is 12.4. The molecular formula is C20H30ClN3O3. The molecule has 2 unspecified atom stereocenters. The number of ether oxygens (including phenoxy) is 1. The number of fused-ring (bicyclic) bond motifs is 1.